The van der Waals surface area contributed by atoms with E-state index in [0.29, 0.717) is 24.7 Å². The Morgan fingerprint density at radius 2 is 1.80 bits per heavy atom. The smallest absolute Gasteiger partial charge is 0.352 e. The topological polar surface area (TPSA) is 63.5 Å². The van der Waals surface area contributed by atoms with E-state index in [4.69, 9.17) is 16.3 Å². The highest BCUT2D eigenvalue weighted by molar-refractivity contribution is 6.30. The molecule has 0 fully saturated rings. The quantitative estimate of drug-likeness (QED) is 0.244. The van der Waals surface area contributed by atoms with Gasteiger partial charge in [-0.05, 0) is 59.7 Å². The zero-order valence-electron chi connectivity index (χ0n) is 19.3. The maximum Gasteiger partial charge on any atom is 0.352 e. The van der Waals surface area contributed by atoms with Crippen molar-refractivity contribution in [2.45, 2.75) is 20.0 Å². The predicted molar refractivity (Wildman–Crippen MR) is 142 cm³/mol. The number of hydrogen-bond donors (Lipinski definition) is 2. The molecule has 2 N–H and O–H groups in total. The summed E-state index contributed by atoms with van der Waals surface area (Å²) in [5.41, 5.74) is 3.95. The molecule has 5 nitrogen and oxygen atoms in total. The van der Waals surface area contributed by atoms with Gasteiger partial charge in [0.05, 0.1) is 12.1 Å². The maximum absolute atomic E-state index is 12.1. The summed E-state index contributed by atoms with van der Waals surface area (Å²) in [6.07, 6.45) is 0. The summed E-state index contributed by atoms with van der Waals surface area (Å²) in [5.74, 6) is -0.127. The van der Waals surface area contributed by atoms with Crippen LogP contribution in [-0.4, -0.2) is 22.2 Å². The molecule has 0 aliphatic rings. The lowest BCUT2D eigenvalue weighted by atomic mass is 10.0. The van der Waals surface area contributed by atoms with E-state index in [-0.39, 0.29) is 5.69 Å². The zero-order chi connectivity index (χ0) is 24.4. The molecule has 4 aromatic carbocycles. The number of carboxylic acids is 1. The van der Waals surface area contributed by atoms with E-state index in [1.165, 1.54) is 0 Å². The third-order valence-electron chi connectivity index (χ3n) is 6.15. The molecule has 0 spiro atoms. The lowest BCUT2D eigenvalue weighted by Crippen LogP contribution is -2.09. The molecule has 5 rings (SSSR count). The number of carboxylic acid groups (broad SMARTS) is 1. The molecule has 0 bridgehead atoms. The molecule has 0 atom stereocenters. The van der Waals surface area contributed by atoms with E-state index >= 15 is 0 Å². The Morgan fingerprint density at radius 3 is 2.60 bits per heavy atom. The number of nitrogens with one attached hydrogen (secondary N) is 1. The molecule has 0 saturated heterocycles. The van der Waals surface area contributed by atoms with Gasteiger partial charge in [-0.3, -0.25) is 0 Å². The van der Waals surface area contributed by atoms with Crippen molar-refractivity contribution < 1.29 is 14.6 Å². The van der Waals surface area contributed by atoms with Crippen LogP contribution in [0.25, 0.3) is 21.7 Å². The van der Waals surface area contributed by atoms with Crippen LogP contribution in [0.2, 0.25) is 5.02 Å². The van der Waals surface area contributed by atoms with Crippen LogP contribution < -0.4 is 10.1 Å². The van der Waals surface area contributed by atoms with Gasteiger partial charge in [0, 0.05) is 34.7 Å². The zero-order valence-corrected chi connectivity index (χ0v) is 20.0. The van der Waals surface area contributed by atoms with E-state index in [9.17, 15) is 9.90 Å². The van der Waals surface area contributed by atoms with Crippen molar-refractivity contribution in [2.75, 3.05) is 11.9 Å². The average Bonchev–Trinajstić information content (AvgIpc) is 3.23. The highest BCUT2D eigenvalue weighted by Gasteiger charge is 2.18. The molecular weight excluding hydrogens is 460 g/mol. The van der Waals surface area contributed by atoms with Crippen LogP contribution in [-0.2, 0) is 13.1 Å². The van der Waals surface area contributed by atoms with Gasteiger partial charge >= 0.3 is 5.97 Å². The summed E-state index contributed by atoms with van der Waals surface area (Å²) in [6, 6.07) is 27.4. The second-order valence-electron chi connectivity index (χ2n) is 8.34. The largest absolute Gasteiger partial charge is 0.494 e. The first-order valence-corrected chi connectivity index (χ1v) is 11.9. The second kappa shape index (κ2) is 9.72. The van der Waals surface area contributed by atoms with E-state index < -0.39 is 5.97 Å². The number of halogens is 1. The number of ether oxygens (including phenoxy) is 1. The van der Waals surface area contributed by atoms with Crippen LogP contribution in [0.4, 0.5) is 5.69 Å². The highest BCUT2D eigenvalue weighted by Crippen LogP contribution is 2.32. The number of carbonyl (C=O) groups is 1. The molecule has 5 aromatic rings. The number of aromatic nitrogens is 1. The minimum Gasteiger partial charge on any atom is -0.494 e. The summed E-state index contributed by atoms with van der Waals surface area (Å²) in [7, 11) is 0. The van der Waals surface area contributed by atoms with Crippen LogP contribution >= 0.6 is 11.6 Å². The van der Waals surface area contributed by atoms with Crippen LogP contribution in [0.1, 0.15) is 28.5 Å². The van der Waals surface area contributed by atoms with Crippen LogP contribution in [0, 0.1) is 0 Å². The molecule has 176 valence electrons. The summed E-state index contributed by atoms with van der Waals surface area (Å²) in [5, 5.41) is 17.2. The van der Waals surface area contributed by atoms with Crippen molar-refractivity contribution in [1.29, 1.82) is 0 Å². The van der Waals surface area contributed by atoms with Crippen molar-refractivity contribution in [3.8, 4) is 5.75 Å². The third kappa shape index (κ3) is 4.55. The number of fused-ring (bicyclic) bond motifs is 2. The monoisotopic (exact) mass is 484 g/mol. The van der Waals surface area contributed by atoms with Gasteiger partial charge < -0.3 is 19.7 Å². The number of aromatic carboxylic acids is 1. The first-order valence-electron chi connectivity index (χ1n) is 11.5. The summed E-state index contributed by atoms with van der Waals surface area (Å²) < 4.78 is 7.74. The molecule has 0 radical (unpaired) electrons. The normalized spacial score (nSPS) is 11.1. The summed E-state index contributed by atoms with van der Waals surface area (Å²) in [4.78, 5) is 12.1. The molecule has 35 heavy (non-hydrogen) atoms. The van der Waals surface area contributed by atoms with Gasteiger partial charge in [-0.15, -0.1) is 0 Å². The molecule has 1 heterocycles. The van der Waals surface area contributed by atoms with Crippen LogP contribution in [0.3, 0.4) is 0 Å². The molecule has 1 aromatic heterocycles. The number of benzene rings is 4. The van der Waals surface area contributed by atoms with Gasteiger partial charge in [0.2, 0.25) is 0 Å². The Labute approximate surface area is 208 Å². The van der Waals surface area contributed by atoms with E-state index in [1.54, 1.807) is 6.07 Å². The van der Waals surface area contributed by atoms with Gasteiger partial charge in [-0.25, -0.2) is 4.79 Å². The highest BCUT2D eigenvalue weighted by atomic mass is 35.5. The Bertz CT molecular complexity index is 1540. The second-order valence-corrected chi connectivity index (χ2v) is 8.78. The lowest BCUT2D eigenvalue weighted by Gasteiger charge is -2.15. The fourth-order valence-corrected chi connectivity index (χ4v) is 4.79. The Kier molecular flexibility index (Phi) is 6.34. The SMILES string of the molecule is CCOc1ccc2ccccc2c1CNc1cccc2c1cc(C(=O)O)n2Cc1cccc(Cl)c1. The fourth-order valence-electron chi connectivity index (χ4n) is 4.58. The number of rotatable bonds is 8. The van der Waals surface area contributed by atoms with Gasteiger partial charge in [-0.2, -0.15) is 0 Å². The van der Waals surface area contributed by atoms with Gasteiger partial charge in [0.25, 0.3) is 0 Å². The molecule has 0 amide bonds. The van der Waals surface area contributed by atoms with E-state index in [1.807, 2.05) is 72.2 Å². The third-order valence-corrected chi connectivity index (χ3v) is 6.38. The molecular formula is C29H25ClN2O3. The van der Waals surface area contributed by atoms with E-state index in [0.717, 1.165) is 44.2 Å². The van der Waals surface area contributed by atoms with Crippen molar-refractivity contribution in [2.24, 2.45) is 0 Å². The molecule has 0 saturated carbocycles. The summed E-state index contributed by atoms with van der Waals surface area (Å²) in [6.45, 7) is 3.50. The molecule has 0 aliphatic heterocycles. The van der Waals surface area contributed by atoms with E-state index in [2.05, 4.69) is 23.5 Å². The molecule has 0 aliphatic carbocycles. The van der Waals surface area contributed by atoms with Crippen LogP contribution in [0.15, 0.2) is 84.9 Å². The van der Waals surface area contributed by atoms with Crippen molar-refractivity contribution in [3.63, 3.8) is 0 Å². The fraction of sp³-hybridized carbons (Fsp3) is 0.138. The first-order chi connectivity index (χ1) is 17.0. The van der Waals surface area contributed by atoms with Crippen molar-refractivity contribution in [1.82, 2.24) is 4.57 Å². The standard InChI is InChI=1S/C29H25ClN2O3/c1-2-35-28-14-13-20-8-3-4-10-22(20)24(28)17-31-25-11-6-12-26-23(25)16-27(29(33)34)32(26)18-19-7-5-9-21(30)15-19/h3-16,31H,2,17-18H2,1H3,(H,33,34). The van der Waals surface area contributed by atoms with Gasteiger partial charge in [0.15, 0.2) is 0 Å². The van der Waals surface area contributed by atoms with Gasteiger partial charge in [0.1, 0.15) is 11.4 Å². The Hall–Kier alpha value is -3.96. The number of anilines is 1. The van der Waals surface area contributed by atoms with Crippen LogP contribution in [0.5, 0.6) is 5.75 Å². The molecule has 6 heteroatoms. The lowest BCUT2D eigenvalue weighted by molar-refractivity contribution is 0.0686. The first kappa shape index (κ1) is 22.8. The number of hydrogen-bond acceptors (Lipinski definition) is 3. The Balaban J connectivity index is 1.54. The minimum absolute atomic E-state index is 0.231. The molecule has 0 unspecified atom stereocenters. The maximum atomic E-state index is 12.1. The number of nitrogens with zero attached hydrogens (tertiary/aromatic N) is 1. The summed E-state index contributed by atoms with van der Waals surface area (Å²) >= 11 is 6.16. The predicted octanol–water partition coefficient (Wildman–Crippen LogP) is 7.21. The minimum atomic E-state index is -0.970. The Morgan fingerprint density at radius 1 is 0.971 bits per heavy atom. The van der Waals surface area contributed by atoms with Gasteiger partial charge in [-0.1, -0.05) is 60.1 Å². The average molecular weight is 485 g/mol. The van der Waals surface area contributed by atoms with Crippen molar-refractivity contribution in [3.05, 3.63) is 107 Å². The van der Waals surface area contributed by atoms with Crippen molar-refractivity contribution >= 4 is 44.9 Å².